The van der Waals surface area contributed by atoms with Crippen molar-refractivity contribution in [3.8, 4) is 5.75 Å². The third-order valence-corrected chi connectivity index (χ3v) is 2.85. The Morgan fingerprint density at radius 2 is 1.65 bits per heavy atom. The molecule has 1 aromatic heterocycles. The van der Waals surface area contributed by atoms with E-state index >= 15 is 0 Å². The van der Waals surface area contributed by atoms with Gasteiger partial charge in [-0.1, -0.05) is 0 Å². The average molecular weight is 320 g/mol. The fraction of sp³-hybridized carbons (Fsp3) is 0.312. The topological polar surface area (TPSA) is 92.0 Å². The summed E-state index contributed by atoms with van der Waals surface area (Å²) in [5.74, 6) is -1.51. The molecule has 1 aromatic carbocycles. The fourth-order valence-corrected chi connectivity index (χ4v) is 1.88. The van der Waals surface area contributed by atoms with Crippen molar-refractivity contribution in [3.63, 3.8) is 0 Å². The van der Waals surface area contributed by atoms with Crippen LogP contribution < -0.4 is 10.4 Å². The van der Waals surface area contributed by atoms with Crippen molar-refractivity contribution in [3.05, 3.63) is 40.8 Å². The molecule has 0 unspecified atom stereocenters. The quantitative estimate of drug-likeness (QED) is 0.454. The highest BCUT2D eigenvalue weighted by Crippen LogP contribution is 2.21. The molecule has 7 heteroatoms. The van der Waals surface area contributed by atoms with Crippen LogP contribution >= 0.6 is 0 Å². The Hall–Kier alpha value is -2.83. The molecule has 0 aliphatic heterocycles. The predicted molar refractivity (Wildman–Crippen MR) is 80.2 cm³/mol. The molecule has 23 heavy (non-hydrogen) atoms. The summed E-state index contributed by atoms with van der Waals surface area (Å²) < 4.78 is 20.0. The van der Waals surface area contributed by atoms with E-state index in [0.717, 1.165) is 0 Å². The third kappa shape index (κ3) is 4.09. The SMILES string of the molecule is CCOC(=O)C(Oc1ccc2ccc(=O)oc2c1)C(=O)OCC. The molecule has 0 amide bonds. The van der Waals surface area contributed by atoms with Gasteiger partial charge in [0.2, 0.25) is 0 Å². The smallest absolute Gasteiger partial charge is 0.359 e. The Balaban J connectivity index is 2.29. The molecular formula is C16H16O7. The van der Waals surface area contributed by atoms with Crippen molar-refractivity contribution in [2.75, 3.05) is 13.2 Å². The molecule has 2 aromatic rings. The van der Waals surface area contributed by atoms with Crippen molar-refractivity contribution in [2.45, 2.75) is 20.0 Å². The zero-order valence-electron chi connectivity index (χ0n) is 12.7. The Morgan fingerprint density at radius 1 is 1.04 bits per heavy atom. The lowest BCUT2D eigenvalue weighted by Gasteiger charge is -2.16. The van der Waals surface area contributed by atoms with Crippen LogP contribution in [-0.4, -0.2) is 31.3 Å². The van der Waals surface area contributed by atoms with Gasteiger partial charge in [0, 0.05) is 17.5 Å². The third-order valence-electron chi connectivity index (χ3n) is 2.85. The van der Waals surface area contributed by atoms with E-state index in [-0.39, 0.29) is 24.5 Å². The lowest BCUT2D eigenvalue weighted by molar-refractivity contribution is -0.166. The molecule has 1 heterocycles. The van der Waals surface area contributed by atoms with Gasteiger partial charge in [-0.2, -0.15) is 0 Å². The minimum Gasteiger partial charge on any atom is -0.467 e. The van der Waals surface area contributed by atoms with Gasteiger partial charge in [0.25, 0.3) is 6.10 Å². The Kier molecular flexibility index (Phi) is 5.35. The van der Waals surface area contributed by atoms with Crippen LogP contribution in [0.3, 0.4) is 0 Å². The number of benzene rings is 1. The molecule has 0 spiro atoms. The number of fused-ring (bicyclic) bond motifs is 1. The Labute approximate surface area is 131 Å². The summed E-state index contributed by atoms with van der Waals surface area (Å²) in [6.07, 6.45) is -1.54. The Bertz CT molecular complexity index is 744. The van der Waals surface area contributed by atoms with Crippen molar-refractivity contribution in [2.24, 2.45) is 0 Å². The van der Waals surface area contributed by atoms with Crippen LogP contribution in [0, 0.1) is 0 Å². The molecule has 122 valence electrons. The standard InChI is InChI=1S/C16H16O7/c1-3-20-15(18)14(16(19)21-4-2)22-11-7-5-10-6-8-13(17)23-12(10)9-11/h5-9,14H,3-4H2,1-2H3. The normalized spacial score (nSPS) is 10.6. The van der Waals surface area contributed by atoms with Gasteiger partial charge in [0.05, 0.1) is 13.2 Å². The van der Waals surface area contributed by atoms with Gasteiger partial charge in [-0.25, -0.2) is 14.4 Å². The summed E-state index contributed by atoms with van der Waals surface area (Å²) in [5, 5.41) is 0.681. The first-order valence-electron chi connectivity index (χ1n) is 7.09. The summed E-state index contributed by atoms with van der Waals surface area (Å²) in [5.41, 5.74) is -0.233. The molecule has 0 aliphatic rings. The number of rotatable bonds is 6. The maximum absolute atomic E-state index is 11.9. The largest absolute Gasteiger partial charge is 0.467 e. The summed E-state index contributed by atoms with van der Waals surface area (Å²) in [6, 6.07) is 7.50. The van der Waals surface area contributed by atoms with E-state index in [4.69, 9.17) is 18.6 Å². The van der Waals surface area contributed by atoms with Crippen LogP contribution in [0.5, 0.6) is 5.75 Å². The van der Waals surface area contributed by atoms with E-state index < -0.39 is 23.7 Å². The van der Waals surface area contributed by atoms with Crippen molar-refractivity contribution >= 4 is 22.9 Å². The molecule has 0 aliphatic carbocycles. The number of carbonyl (C=O) groups is 2. The fourth-order valence-electron chi connectivity index (χ4n) is 1.88. The van der Waals surface area contributed by atoms with Crippen LogP contribution in [0.1, 0.15) is 13.8 Å². The second kappa shape index (κ2) is 7.44. The number of carbonyl (C=O) groups excluding carboxylic acids is 2. The second-order valence-corrected chi connectivity index (χ2v) is 4.46. The van der Waals surface area contributed by atoms with Gasteiger partial charge in [-0.3, -0.25) is 0 Å². The zero-order chi connectivity index (χ0) is 16.8. The Morgan fingerprint density at radius 3 is 2.26 bits per heavy atom. The van der Waals surface area contributed by atoms with E-state index in [1.807, 2.05) is 0 Å². The molecule has 0 saturated carbocycles. The second-order valence-electron chi connectivity index (χ2n) is 4.46. The van der Waals surface area contributed by atoms with Crippen molar-refractivity contribution in [1.82, 2.24) is 0 Å². The predicted octanol–water partition coefficient (Wildman–Crippen LogP) is 1.67. The molecule has 0 saturated heterocycles. The highest BCUT2D eigenvalue weighted by molar-refractivity contribution is 5.98. The summed E-state index contributed by atoms with van der Waals surface area (Å²) in [4.78, 5) is 35.0. The molecule has 0 N–H and O–H groups in total. The van der Waals surface area contributed by atoms with Gasteiger partial charge < -0.3 is 18.6 Å². The van der Waals surface area contributed by atoms with E-state index in [0.29, 0.717) is 5.39 Å². The molecule has 0 radical (unpaired) electrons. The maximum Gasteiger partial charge on any atom is 0.359 e. The lowest BCUT2D eigenvalue weighted by atomic mass is 10.2. The van der Waals surface area contributed by atoms with Crippen LogP contribution in [0.4, 0.5) is 0 Å². The number of hydrogen-bond acceptors (Lipinski definition) is 7. The van der Waals surface area contributed by atoms with Gasteiger partial charge >= 0.3 is 17.6 Å². The van der Waals surface area contributed by atoms with E-state index in [1.54, 1.807) is 32.0 Å². The van der Waals surface area contributed by atoms with Crippen LogP contribution in [0.15, 0.2) is 39.5 Å². The zero-order valence-corrected chi connectivity index (χ0v) is 12.7. The number of ether oxygens (including phenoxy) is 3. The van der Waals surface area contributed by atoms with E-state index in [1.165, 1.54) is 12.1 Å². The lowest BCUT2D eigenvalue weighted by Crippen LogP contribution is -2.38. The highest BCUT2D eigenvalue weighted by atomic mass is 16.6. The van der Waals surface area contributed by atoms with Gasteiger partial charge in [-0.05, 0) is 32.0 Å². The maximum atomic E-state index is 11.9. The number of esters is 2. The molecular weight excluding hydrogens is 304 g/mol. The first-order valence-corrected chi connectivity index (χ1v) is 7.09. The van der Waals surface area contributed by atoms with Crippen LogP contribution in [0.2, 0.25) is 0 Å². The van der Waals surface area contributed by atoms with Crippen molar-refractivity contribution in [1.29, 1.82) is 0 Å². The van der Waals surface area contributed by atoms with E-state index in [9.17, 15) is 14.4 Å². The minimum atomic E-state index is -1.54. The first-order chi connectivity index (χ1) is 11.0. The molecule has 0 bridgehead atoms. The molecule has 7 nitrogen and oxygen atoms in total. The number of hydrogen-bond donors (Lipinski definition) is 0. The van der Waals surface area contributed by atoms with Gasteiger partial charge in [0.1, 0.15) is 11.3 Å². The molecule has 0 atom stereocenters. The van der Waals surface area contributed by atoms with Gasteiger partial charge in [-0.15, -0.1) is 0 Å². The highest BCUT2D eigenvalue weighted by Gasteiger charge is 2.32. The minimum absolute atomic E-state index is 0.102. The summed E-state index contributed by atoms with van der Waals surface area (Å²) in [7, 11) is 0. The summed E-state index contributed by atoms with van der Waals surface area (Å²) >= 11 is 0. The van der Waals surface area contributed by atoms with E-state index in [2.05, 4.69) is 0 Å². The van der Waals surface area contributed by atoms with Crippen LogP contribution in [0.25, 0.3) is 11.0 Å². The summed E-state index contributed by atoms with van der Waals surface area (Å²) in [6.45, 7) is 3.44. The van der Waals surface area contributed by atoms with Gasteiger partial charge in [0.15, 0.2) is 0 Å². The first kappa shape index (κ1) is 16.5. The van der Waals surface area contributed by atoms with Crippen LogP contribution in [-0.2, 0) is 19.1 Å². The van der Waals surface area contributed by atoms with Crippen molar-refractivity contribution < 1.29 is 28.2 Å². The monoisotopic (exact) mass is 320 g/mol. The average Bonchev–Trinajstić information content (AvgIpc) is 2.52. The molecule has 2 rings (SSSR count). The molecule has 0 fully saturated rings.